The van der Waals surface area contributed by atoms with E-state index in [4.69, 9.17) is 0 Å². The third kappa shape index (κ3) is 3.46. The molecule has 1 saturated heterocycles. The first kappa shape index (κ1) is 14.2. The van der Waals surface area contributed by atoms with Gasteiger partial charge in [0.05, 0.1) is 10.6 Å². The Balaban J connectivity index is 1.81. The van der Waals surface area contributed by atoms with Crippen molar-refractivity contribution in [3.05, 3.63) is 57.7 Å². The Morgan fingerprint density at radius 1 is 1.29 bits per heavy atom. The molecular formula is C15H12BrN3OS. The van der Waals surface area contributed by atoms with E-state index in [0.29, 0.717) is 10.1 Å². The maximum Gasteiger partial charge on any atom is 0.264 e. The van der Waals surface area contributed by atoms with Gasteiger partial charge in [-0.2, -0.15) is 0 Å². The molecule has 2 heterocycles. The van der Waals surface area contributed by atoms with Crippen LogP contribution in [0, 0.1) is 0 Å². The van der Waals surface area contributed by atoms with Crippen LogP contribution in [-0.2, 0) is 11.8 Å². The minimum absolute atomic E-state index is 0.111. The number of aryl methyl sites for hydroxylation is 1. The number of rotatable bonds is 2. The summed E-state index contributed by atoms with van der Waals surface area (Å²) >= 11 is 4.73. The lowest BCUT2D eigenvalue weighted by Crippen LogP contribution is -2.19. The Kier molecular flexibility index (Phi) is 3.98. The molecule has 1 fully saturated rings. The van der Waals surface area contributed by atoms with Gasteiger partial charge in [0.25, 0.3) is 5.91 Å². The van der Waals surface area contributed by atoms with Crippen molar-refractivity contribution >= 4 is 50.5 Å². The number of amides is 1. The number of halogens is 1. The van der Waals surface area contributed by atoms with Gasteiger partial charge in [-0.1, -0.05) is 15.9 Å². The first-order valence-electron chi connectivity index (χ1n) is 6.27. The van der Waals surface area contributed by atoms with Gasteiger partial charge in [-0.3, -0.25) is 4.79 Å². The van der Waals surface area contributed by atoms with Gasteiger partial charge in [0.15, 0.2) is 5.17 Å². The van der Waals surface area contributed by atoms with Gasteiger partial charge in [0.2, 0.25) is 0 Å². The SMILES string of the molecule is Cn1ccc(/C=C2/SC(=Nc3ccc(Br)cc3)NC2=O)c1. The number of thioether (sulfide) groups is 1. The predicted octanol–water partition coefficient (Wildman–Crippen LogP) is 3.68. The summed E-state index contributed by atoms with van der Waals surface area (Å²) in [4.78, 5) is 17.0. The number of nitrogens with one attached hydrogen (secondary N) is 1. The number of hydrogen-bond donors (Lipinski definition) is 1. The lowest BCUT2D eigenvalue weighted by Gasteiger charge is -1.96. The monoisotopic (exact) mass is 361 g/mol. The number of carbonyl (C=O) groups is 1. The van der Waals surface area contributed by atoms with Crippen LogP contribution in [0.15, 0.2) is 57.1 Å². The fourth-order valence-corrected chi connectivity index (χ4v) is 2.98. The molecule has 4 nitrogen and oxygen atoms in total. The normalized spacial score (nSPS) is 18.5. The van der Waals surface area contributed by atoms with Crippen LogP contribution >= 0.6 is 27.7 Å². The first-order valence-corrected chi connectivity index (χ1v) is 7.88. The first-order chi connectivity index (χ1) is 10.1. The maximum atomic E-state index is 11.9. The number of hydrogen-bond acceptors (Lipinski definition) is 3. The third-order valence-electron chi connectivity index (χ3n) is 2.86. The van der Waals surface area contributed by atoms with Crippen molar-refractivity contribution in [1.29, 1.82) is 0 Å². The van der Waals surface area contributed by atoms with Crippen LogP contribution in [0.2, 0.25) is 0 Å². The molecule has 3 rings (SSSR count). The van der Waals surface area contributed by atoms with Gasteiger partial charge in [0.1, 0.15) is 0 Å². The largest absolute Gasteiger partial charge is 0.357 e. The standard InChI is InChI=1S/C15H12BrN3OS/c1-19-7-6-10(9-19)8-13-14(20)18-15(21-13)17-12-4-2-11(16)3-5-12/h2-9H,1H3,(H,17,18,20)/b13-8+. The van der Waals surface area contributed by atoms with Crippen molar-refractivity contribution in [3.8, 4) is 0 Å². The van der Waals surface area contributed by atoms with Gasteiger partial charge in [0, 0.05) is 23.9 Å². The topological polar surface area (TPSA) is 46.4 Å². The zero-order valence-corrected chi connectivity index (χ0v) is 13.6. The highest BCUT2D eigenvalue weighted by Gasteiger charge is 2.23. The molecule has 6 heteroatoms. The molecule has 0 aliphatic carbocycles. The quantitative estimate of drug-likeness (QED) is 0.829. The average Bonchev–Trinajstić information content (AvgIpc) is 3.00. The van der Waals surface area contributed by atoms with E-state index in [9.17, 15) is 4.79 Å². The molecule has 0 radical (unpaired) electrons. The van der Waals surface area contributed by atoms with Crippen molar-refractivity contribution in [3.63, 3.8) is 0 Å². The number of amidine groups is 1. The highest BCUT2D eigenvalue weighted by atomic mass is 79.9. The molecule has 1 aliphatic heterocycles. The van der Waals surface area contributed by atoms with Gasteiger partial charge < -0.3 is 9.88 Å². The molecule has 1 aliphatic rings. The fourth-order valence-electron chi connectivity index (χ4n) is 1.87. The Morgan fingerprint density at radius 3 is 2.71 bits per heavy atom. The molecular weight excluding hydrogens is 350 g/mol. The van der Waals surface area contributed by atoms with Crippen LogP contribution < -0.4 is 5.32 Å². The van der Waals surface area contributed by atoms with Gasteiger partial charge >= 0.3 is 0 Å². The summed E-state index contributed by atoms with van der Waals surface area (Å²) in [7, 11) is 1.95. The zero-order valence-electron chi connectivity index (χ0n) is 11.2. The van der Waals surface area contributed by atoms with E-state index in [-0.39, 0.29) is 5.91 Å². The van der Waals surface area contributed by atoms with E-state index in [1.165, 1.54) is 11.8 Å². The van der Waals surface area contributed by atoms with Crippen molar-refractivity contribution < 1.29 is 4.79 Å². The average molecular weight is 362 g/mol. The molecule has 106 valence electrons. The zero-order chi connectivity index (χ0) is 14.8. The molecule has 0 saturated carbocycles. The summed E-state index contributed by atoms with van der Waals surface area (Å²) in [6.45, 7) is 0. The van der Waals surface area contributed by atoms with Gasteiger partial charge in [-0.15, -0.1) is 0 Å². The maximum absolute atomic E-state index is 11.9. The third-order valence-corrected chi connectivity index (χ3v) is 4.30. The molecule has 1 N–H and O–H groups in total. The lowest BCUT2D eigenvalue weighted by molar-refractivity contribution is -0.115. The Bertz CT molecular complexity index is 747. The fraction of sp³-hybridized carbons (Fsp3) is 0.0667. The molecule has 1 amide bonds. The van der Waals surface area contributed by atoms with Crippen molar-refractivity contribution in [2.75, 3.05) is 0 Å². The number of nitrogens with zero attached hydrogens (tertiary/aromatic N) is 2. The Hall–Kier alpha value is -1.79. The summed E-state index contributed by atoms with van der Waals surface area (Å²) in [5, 5.41) is 3.38. The van der Waals surface area contributed by atoms with Crippen LogP contribution in [0.1, 0.15) is 5.56 Å². The number of benzene rings is 1. The van der Waals surface area contributed by atoms with Crippen LogP contribution in [0.4, 0.5) is 5.69 Å². The summed E-state index contributed by atoms with van der Waals surface area (Å²) in [5.41, 5.74) is 1.81. The second kappa shape index (κ2) is 5.91. The van der Waals surface area contributed by atoms with Crippen LogP contribution in [0.25, 0.3) is 6.08 Å². The van der Waals surface area contributed by atoms with E-state index in [1.54, 1.807) is 0 Å². The highest BCUT2D eigenvalue weighted by molar-refractivity contribution is 9.10. The highest BCUT2D eigenvalue weighted by Crippen LogP contribution is 2.28. The molecule has 0 bridgehead atoms. The summed E-state index contributed by atoms with van der Waals surface area (Å²) in [6.07, 6.45) is 5.77. The minimum Gasteiger partial charge on any atom is -0.357 e. The van der Waals surface area contributed by atoms with Crippen molar-refractivity contribution in [1.82, 2.24) is 9.88 Å². The summed E-state index contributed by atoms with van der Waals surface area (Å²) in [5.74, 6) is -0.111. The molecule has 0 spiro atoms. The van der Waals surface area contributed by atoms with Crippen molar-refractivity contribution in [2.45, 2.75) is 0 Å². The van der Waals surface area contributed by atoms with E-state index in [0.717, 1.165) is 15.7 Å². The van der Waals surface area contributed by atoms with E-state index < -0.39 is 0 Å². The second-order valence-electron chi connectivity index (χ2n) is 4.57. The van der Waals surface area contributed by atoms with Gasteiger partial charge in [-0.05, 0) is 53.7 Å². The minimum atomic E-state index is -0.111. The predicted molar refractivity (Wildman–Crippen MR) is 90.4 cm³/mol. The smallest absolute Gasteiger partial charge is 0.264 e. The second-order valence-corrected chi connectivity index (χ2v) is 6.51. The Labute approximate surface area is 135 Å². The Morgan fingerprint density at radius 2 is 2.05 bits per heavy atom. The lowest BCUT2D eigenvalue weighted by atomic mass is 10.3. The van der Waals surface area contributed by atoms with Crippen LogP contribution in [-0.4, -0.2) is 15.6 Å². The molecule has 21 heavy (non-hydrogen) atoms. The number of carbonyl (C=O) groups excluding carboxylic acids is 1. The summed E-state index contributed by atoms with van der Waals surface area (Å²) < 4.78 is 2.94. The molecule has 1 aromatic heterocycles. The van der Waals surface area contributed by atoms with Crippen molar-refractivity contribution in [2.24, 2.45) is 12.0 Å². The summed E-state index contributed by atoms with van der Waals surface area (Å²) in [6, 6.07) is 9.58. The van der Waals surface area contributed by atoms with Crippen LogP contribution in [0.3, 0.4) is 0 Å². The number of aliphatic imine (C=N–C) groups is 1. The molecule has 1 aromatic carbocycles. The van der Waals surface area contributed by atoms with Crippen LogP contribution in [0.5, 0.6) is 0 Å². The molecule has 2 aromatic rings. The van der Waals surface area contributed by atoms with Gasteiger partial charge in [-0.25, -0.2) is 4.99 Å². The van der Waals surface area contributed by atoms with E-state index in [1.807, 2.05) is 60.4 Å². The molecule has 0 atom stereocenters. The van der Waals surface area contributed by atoms with E-state index >= 15 is 0 Å². The van der Waals surface area contributed by atoms with E-state index in [2.05, 4.69) is 26.2 Å². The number of aromatic nitrogens is 1. The molecule has 0 unspecified atom stereocenters.